The highest BCUT2D eigenvalue weighted by atomic mass is 32.1. The van der Waals surface area contributed by atoms with Crippen LogP contribution in [0.5, 0.6) is 0 Å². The van der Waals surface area contributed by atoms with Gasteiger partial charge in [-0.1, -0.05) is 35.9 Å². The normalized spacial score (nSPS) is 10.7. The molecule has 2 aromatic heterocycles. The van der Waals surface area contributed by atoms with Crippen molar-refractivity contribution in [2.75, 3.05) is 17.2 Å². The molecular formula is C23H23N5O2S. The van der Waals surface area contributed by atoms with Crippen LogP contribution < -0.4 is 16.0 Å². The van der Waals surface area contributed by atoms with Gasteiger partial charge in [0.25, 0.3) is 0 Å². The van der Waals surface area contributed by atoms with Gasteiger partial charge in [0.1, 0.15) is 0 Å². The molecule has 2 heterocycles. The number of para-hydroxylation sites is 1. The van der Waals surface area contributed by atoms with Crippen LogP contribution in [0.3, 0.4) is 0 Å². The first kappa shape index (κ1) is 20.6. The predicted octanol–water partition coefficient (Wildman–Crippen LogP) is 4.48. The number of nitrogens with one attached hydrogen (secondary N) is 4. The second-order valence-corrected chi connectivity index (χ2v) is 8.08. The van der Waals surface area contributed by atoms with Gasteiger partial charge in [-0.25, -0.2) is 9.78 Å². The van der Waals surface area contributed by atoms with Gasteiger partial charge in [0.05, 0.1) is 12.1 Å². The molecule has 0 aliphatic rings. The highest BCUT2D eigenvalue weighted by molar-refractivity contribution is 7.14. The van der Waals surface area contributed by atoms with E-state index in [0.717, 1.165) is 17.5 Å². The van der Waals surface area contributed by atoms with Gasteiger partial charge >= 0.3 is 6.03 Å². The lowest BCUT2D eigenvalue weighted by Gasteiger charge is -2.05. The van der Waals surface area contributed by atoms with Crippen LogP contribution in [0.15, 0.2) is 60.1 Å². The lowest BCUT2D eigenvalue weighted by atomic mass is 10.1. The fourth-order valence-electron chi connectivity index (χ4n) is 3.24. The summed E-state index contributed by atoms with van der Waals surface area (Å²) < 4.78 is 0. The quantitative estimate of drug-likeness (QED) is 0.346. The Morgan fingerprint density at radius 3 is 2.71 bits per heavy atom. The first-order valence-corrected chi connectivity index (χ1v) is 10.9. The molecule has 3 amide bonds. The Morgan fingerprint density at radius 1 is 1.06 bits per heavy atom. The van der Waals surface area contributed by atoms with Gasteiger partial charge in [-0.3, -0.25) is 10.1 Å². The van der Waals surface area contributed by atoms with Crippen LogP contribution in [0.4, 0.5) is 15.6 Å². The topological polar surface area (TPSA) is 98.9 Å². The number of carbonyl (C=O) groups is 2. The molecule has 0 aliphatic carbocycles. The summed E-state index contributed by atoms with van der Waals surface area (Å²) in [4.78, 5) is 31.9. The molecule has 0 saturated heterocycles. The molecular weight excluding hydrogens is 410 g/mol. The Balaban J connectivity index is 1.23. The SMILES string of the molecule is Cc1ccc(NC(=O)Nc2nc(CC(=O)NCCc3c[nH]c4ccccc34)cs2)cc1. The minimum absolute atomic E-state index is 0.0965. The molecule has 0 bridgehead atoms. The number of urea groups is 1. The van der Waals surface area contributed by atoms with Crippen LogP contribution in [0.2, 0.25) is 0 Å². The van der Waals surface area contributed by atoms with Crippen molar-refractivity contribution in [2.24, 2.45) is 0 Å². The Hall–Kier alpha value is -3.65. The maximum Gasteiger partial charge on any atom is 0.325 e. The molecule has 0 aliphatic heterocycles. The molecule has 0 atom stereocenters. The van der Waals surface area contributed by atoms with E-state index in [4.69, 9.17) is 0 Å². The number of carbonyl (C=O) groups excluding carboxylic acids is 2. The van der Waals surface area contributed by atoms with E-state index in [1.54, 1.807) is 5.38 Å². The van der Waals surface area contributed by atoms with E-state index in [1.807, 2.05) is 55.6 Å². The van der Waals surface area contributed by atoms with Crippen molar-refractivity contribution in [3.63, 3.8) is 0 Å². The number of fused-ring (bicyclic) bond motifs is 1. The van der Waals surface area contributed by atoms with Crippen molar-refractivity contribution in [3.05, 3.63) is 76.9 Å². The standard InChI is InChI=1S/C23H23N5O2S/c1-15-6-8-17(9-7-15)26-22(30)28-23-27-18(14-31-23)12-21(29)24-11-10-16-13-25-20-5-3-2-4-19(16)20/h2-9,13-14,25H,10-12H2,1H3,(H,24,29)(H2,26,27,28,30). The van der Waals surface area contributed by atoms with Gasteiger partial charge < -0.3 is 15.6 Å². The molecule has 4 aromatic rings. The Morgan fingerprint density at radius 2 is 1.87 bits per heavy atom. The number of rotatable bonds is 7. The first-order valence-electron chi connectivity index (χ1n) is 9.97. The lowest BCUT2D eigenvalue weighted by molar-refractivity contribution is -0.120. The van der Waals surface area contributed by atoms with Gasteiger partial charge in [-0.05, 0) is 37.1 Å². The zero-order valence-corrected chi connectivity index (χ0v) is 17.9. The van der Waals surface area contributed by atoms with Crippen molar-refractivity contribution < 1.29 is 9.59 Å². The van der Waals surface area contributed by atoms with Crippen LogP contribution >= 0.6 is 11.3 Å². The minimum atomic E-state index is -0.368. The summed E-state index contributed by atoms with van der Waals surface area (Å²) in [6.07, 6.45) is 2.90. The van der Waals surface area contributed by atoms with Gasteiger partial charge in [0.2, 0.25) is 5.91 Å². The van der Waals surface area contributed by atoms with Crippen LogP contribution in [0.1, 0.15) is 16.8 Å². The van der Waals surface area contributed by atoms with Gasteiger partial charge in [0.15, 0.2) is 5.13 Å². The molecule has 0 radical (unpaired) electrons. The average Bonchev–Trinajstić information content (AvgIpc) is 3.36. The molecule has 0 spiro atoms. The van der Waals surface area contributed by atoms with E-state index >= 15 is 0 Å². The average molecular weight is 434 g/mol. The Bertz CT molecular complexity index is 1200. The fraction of sp³-hybridized carbons (Fsp3) is 0.174. The number of amides is 3. The molecule has 0 saturated carbocycles. The molecule has 31 heavy (non-hydrogen) atoms. The number of hydrogen-bond donors (Lipinski definition) is 4. The van der Waals surface area contributed by atoms with Crippen molar-refractivity contribution >= 4 is 45.0 Å². The molecule has 0 fully saturated rings. The number of anilines is 2. The van der Waals surface area contributed by atoms with Crippen LogP contribution in [-0.4, -0.2) is 28.5 Å². The smallest absolute Gasteiger partial charge is 0.325 e. The maximum atomic E-state index is 12.3. The second kappa shape index (κ2) is 9.44. The Kier molecular flexibility index (Phi) is 6.28. The zero-order valence-electron chi connectivity index (χ0n) is 17.1. The van der Waals surface area contributed by atoms with Crippen molar-refractivity contribution in [1.29, 1.82) is 0 Å². The lowest BCUT2D eigenvalue weighted by Crippen LogP contribution is -2.27. The van der Waals surface area contributed by atoms with Gasteiger partial charge in [0, 0.05) is 34.7 Å². The minimum Gasteiger partial charge on any atom is -0.361 e. The number of hydrogen-bond acceptors (Lipinski definition) is 4. The number of benzene rings is 2. The Labute approximate surface area is 183 Å². The van der Waals surface area contributed by atoms with Crippen LogP contribution in [-0.2, 0) is 17.6 Å². The third kappa shape index (κ3) is 5.49. The van der Waals surface area contributed by atoms with Gasteiger partial charge in [-0.2, -0.15) is 0 Å². The van der Waals surface area contributed by atoms with E-state index in [-0.39, 0.29) is 18.4 Å². The monoisotopic (exact) mass is 433 g/mol. The maximum absolute atomic E-state index is 12.3. The third-order valence-electron chi connectivity index (χ3n) is 4.81. The van der Waals surface area contributed by atoms with E-state index < -0.39 is 0 Å². The van der Waals surface area contributed by atoms with E-state index in [1.165, 1.54) is 22.3 Å². The van der Waals surface area contributed by atoms with E-state index in [2.05, 4.69) is 32.0 Å². The molecule has 7 nitrogen and oxygen atoms in total. The first-order chi connectivity index (χ1) is 15.1. The molecule has 8 heteroatoms. The number of thiazole rings is 1. The van der Waals surface area contributed by atoms with Crippen LogP contribution in [0.25, 0.3) is 10.9 Å². The molecule has 4 rings (SSSR count). The van der Waals surface area contributed by atoms with E-state index in [9.17, 15) is 9.59 Å². The van der Waals surface area contributed by atoms with E-state index in [0.29, 0.717) is 23.1 Å². The summed E-state index contributed by atoms with van der Waals surface area (Å²) in [6.45, 7) is 2.54. The number of aryl methyl sites for hydroxylation is 1. The second-order valence-electron chi connectivity index (χ2n) is 7.23. The van der Waals surface area contributed by atoms with Gasteiger partial charge in [-0.15, -0.1) is 11.3 Å². The van der Waals surface area contributed by atoms with Crippen LogP contribution in [0, 0.1) is 6.92 Å². The number of H-pyrrole nitrogens is 1. The number of aromatic amines is 1. The highest BCUT2D eigenvalue weighted by Crippen LogP contribution is 2.18. The zero-order chi connectivity index (χ0) is 21.6. The number of nitrogens with zero attached hydrogens (tertiary/aromatic N) is 1. The molecule has 158 valence electrons. The summed E-state index contributed by atoms with van der Waals surface area (Å²) in [5.41, 5.74) is 4.72. The fourth-order valence-corrected chi connectivity index (χ4v) is 3.95. The molecule has 0 unspecified atom stereocenters. The summed E-state index contributed by atoms with van der Waals surface area (Å²) in [5.74, 6) is -0.0965. The van der Waals surface area contributed by atoms with Crippen molar-refractivity contribution in [1.82, 2.24) is 15.3 Å². The van der Waals surface area contributed by atoms with Crippen molar-refractivity contribution in [2.45, 2.75) is 19.8 Å². The number of aromatic nitrogens is 2. The van der Waals surface area contributed by atoms with Crippen molar-refractivity contribution in [3.8, 4) is 0 Å². The highest BCUT2D eigenvalue weighted by Gasteiger charge is 2.10. The molecule has 4 N–H and O–H groups in total. The summed E-state index contributed by atoms with van der Waals surface area (Å²) in [6, 6.07) is 15.3. The third-order valence-corrected chi connectivity index (χ3v) is 5.62. The largest absolute Gasteiger partial charge is 0.361 e. The summed E-state index contributed by atoms with van der Waals surface area (Å²) >= 11 is 1.29. The summed E-state index contributed by atoms with van der Waals surface area (Å²) in [5, 5.41) is 11.8. The predicted molar refractivity (Wildman–Crippen MR) is 125 cm³/mol. The summed E-state index contributed by atoms with van der Waals surface area (Å²) in [7, 11) is 0. The molecule has 2 aromatic carbocycles.